The van der Waals surface area contributed by atoms with Crippen LogP contribution in [0.4, 0.5) is 0 Å². The molecule has 0 aliphatic heterocycles. The molecule has 7 heteroatoms. The van der Waals surface area contributed by atoms with Crippen LogP contribution in [0, 0.1) is 13.8 Å². The van der Waals surface area contributed by atoms with Gasteiger partial charge in [-0.2, -0.15) is 5.10 Å². The first-order chi connectivity index (χ1) is 12.3. The highest BCUT2D eigenvalue weighted by Gasteiger charge is 2.14. The van der Waals surface area contributed by atoms with E-state index in [9.17, 15) is 0 Å². The number of nitrogens with zero attached hydrogens (tertiary/aromatic N) is 3. The summed E-state index contributed by atoms with van der Waals surface area (Å²) in [5.41, 5.74) is 4.27. The van der Waals surface area contributed by atoms with Gasteiger partial charge in [0.15, 0.2) is 5.96 Å². The third kappa shape index (κ3) is 4.92. The summed E-state index contributed by atoms with van der Waals surface area (Å²) in [4.78, 5) is 4.70. The maximum Gasteiger partial charge on any atom is 0.191 e. The molecular formula is C19H27Cl2N5. The molecule has 2 N–H and O–H groups in total. The van der Waals surface area contributed by atoms with Crippen molar-refractivity contribution in [1.82, 2.24) is 20.4 Å². The van der Waals surface area contributed by atoms with Crippen molar-refractivity contribution in [2.45, 2.75) is 40.2 Å². The number of halogens is 2. The van der Waals surface area contributed by atoms with E-state index < -0.39 is 0 Å². The second-order valence-electron chi connectivity index (χ2n) is 6.39. The topological polar surface area (TPSA) is 54.2 Å². The van der Waals surface area contributed by atoms with Gasteiger partial charge >= 0.3 is 0 Å². The number of aromatic nitrogens is 2. The quantitative estimate of drug-likeness (QED) is 0.568. The van der Waals surface area contributed by atoms with E-state index in [1.165, 1.54) is 0 Å². The fraction of sp³-hybridized carbons (Fsp3) is 0.474. The maximum absolute atomic E-state index is 6.31. The molecule has 1 unspecified atom stereocenters. The van der Waals surface area contributed by atoms with Gasteiger partial charge in [0.1, 0.15) is 0 Å². The number of guanidine groups is 1. The SMILES string of the molecule is CCNC(=NCc1c(C)nn(C)c1C)NCC(C)c1c(Cl)cccc1Cl. The van der Waals surface area contributed by atoms with Crippen molar-refractivity contribution >= 4 is 29.2 Å². The van der Waals surface area contributed by atoms with Gasteiger partial charge in [-0.25, -0.2) is 4.99 Å². The van der Waals surface area contributed by atoms with Crippen LogP contribution in [0.1, 0.15) is 42.3 Å². The van der Waals surface area contributed by atoms with Crippen LogP contribution >= 0.6 is 23.2 Å². The van der Waals surface area contributed by atoms with E-state index in [1.807, 2.05) is 43.8 Å². The minimum atomic E-state index is 0.155. The predicted octanol–water partition coefficient (Wildman–Crippen LogP) is 4.20. The van der Waals surface area contributed by atoms with E-state index in [0.717, 1.165) is 35.0 Å². The molecule has 1 heterocycles. The highest BCUT2D eigenvalue weighted by Crippen LogP contribution is 2.30. The van der Waals surface area contributed by atoms with Gasteiger partial charge in [0.05, 0.1) is 12.2 Å². The monoisotopic (exact) mass is 395 g/mol. The van der Waals surface area contributed by atoms with Crippen molar-refractivity contribution < 1.29 is 0 Å². The van der Waals surface area contributed by atoms with Gasteiger partial charge in [-0.15, -0.1) is 0 Å². The first-order valence-corrected chi connectivity index (χ1v) is 9.55. The Bertz CT molecular complexity index is 762. The molecular weight excluding hydrogens is 369 g/mol. The predicted molar refractivity (Wildman–Crippen MR) is 110 cm³/mol. The van der Waals surface area contributed by atoms with E-state index in [1.54, 1.807) is 0 Å². The van der Waals surface area contributed by atoms with E-state index >= 15 is 0 Å². The molecule has 2 aromatic rings. The zero-order valence-corrected chi connectivity index (χ0v) is 17.5. The number of benzene rings is 1. The highest BCUT2D eigenvalue weighted by atomic mass is 35.5. The summed E-state index contributed by atoms with van der Waals surface area (Å²) in [7, 11) is 1.95. The zero-order valence-electron chi connectivity index (χ0n) is 16.0. The van der Waals surface area contributed by atoms with Crippen LogP contribution in [0.3, 0.4) is 0 Å². The fourth-order valence-corrected chi connectivity index (χ4v) is 3.65. The molecule has 0 spiro atoms. The summed E-state index contributed by atoms with van der Waals surface area (Å²) in [5, 5.41) is 12.5. The second kappa shape index (κ2) is 9.28. The Morgan fingerprint density at radius 2 is 1.88 bits per heavy atom. The molecule has 142 valence electrons. The molecule has 0 saturated carbocycles. The van der Waals surface area contributed by atoms with Gasteiger partial charge in [-0.1, -0.05) is 36.2 Å². The lowest BCUT2D eigenvalue weighted by Gasteiger charge is -2.18. The molecule has 0 aliphatic carbocycles. The van der Waals surface area contributed by atoms with Gasteiger partial charge in [-0.05, 0) is 38.5 Å². The fourth-order valence-electron chi connectivity index (χ4n) is 2.88. The number of rotatable bonds is 6. The van der Waals surface area contributed by atoms with Crippen LogP contribution in [0.25, 0.3) is 0 Å². The molecule has 0 bridgehead atoms. The highest BCUT2D eigenvalue weighted by molar-refractivity contribution is 6.36. The number of hydrogen-bond donors (Lipinski definition) is 2. The molecule has 1 aromatic carbocycles. The Kier molecular flexibility index (Phi) is 7.35. The lowest BCUT2D eigenvalue weighted by atomic mass is 10.0. The van der Waals surface area contributed by atoms with E-state index in [4.69, 9.17) is 28.2 Å². The van der Waals surface area contributed by atoms with Gasteiger partial charge in [-0.3, -0.25) is 4.68 Å². The summed E-state index contributed by atoms with van der Waals surface area (Å²) in [6.45, 7) is 10.3. The standard InChI is InChI=1S/C19H27Cl2N5/c1-6-22-19(24-11-15-13(3)25-26(5)14(15)4)23-10-12(2)18-16(20)8-7-9-17(18)21/h7-9,12H,6,10-11H2,1-5H3,(H2,22,23,24). The van der Waals surface area contributed by atoms with E-state index in [0.29, 0.717) is 23.1 Å². The molecule has 0 aliphatic rings. The Morgan fingerprint density at radius 1 is 1.23 bits per heavy atom. The first kappa shape index (κ1) is 20.6. The lowest BCUT2D eigenvalue weighted by Crippen LogP contribution is -2.39. The van der Waals surface area contributed by atoms with Gasteiger partial charge in [0.2, 0.25) is 0 Å². The third-order valence-corrected chi connectivity index (χ3v) is 5.13. The van der Waals surface area contributed by atoms with Crippen molar-refractivity contribution in [1.29, 1.82) is 0 Å². The van der Waals surface area contributed by atoms with Crippen LogP contribution in [0.5, 0.6) is 0 Å². The van der Waals surface area contributed by atoms with Crippen molar-refractivity contribution in [3.63, 3.8) is 0 Å². The maximum atomic E-state index is 6.31. The van der Waals surface area contributed by atoms with Crippen LogP contribution in [-0.2, 0) is 13.6 Å². The number of aryl methyl sites for hydroxylation is 2. The van der Waals surface area contributed by atoms with E-state index in [-0.39, 0.29) is 5.92 Å². The second-order valence-corrected chi connectivity index (χ2v) is 7.20. The molecule has 0 fully saturated rings. The van der Waals surface area contributed by atoms with Crippen LogP contribution in [0.15, 0.2) is 23.2 Å². The van der Waals surface area contributed by atoms with Crippen molar-refractivity contribution in [2.24, 2.45) is 12.0 Å². The summed E-state index contributed by atoms with van der Waals surface area (Å²) in [5.74, 6) is 0.923. The minimum absolute atomic E-state index is 0.155. The normalized spacial score (nSPS) is 13.0. The Hall–Kier alpha value is -1.72. The summed E-state index contributed by atoms with van der Waals surface area (Å²) in [6, 6.07) is 5.59. The smallest absolute Gasteiger partial charge is 0.191 e. The average molecular weight is 396 g/mol. The molecule has 5 nitrogen and oxygen atoms in total. The molecule has 1 aromatic heterocycles. The Morgan fingerprint density at radius 3 is 2.42 bits per heavy atom. The van der Waals surface area contributed by atoms with Gasteiger partial charge in [0, 0.05) is 47.4 Å². The largest absolute Gasteiger partial charge is 0.357 e. The van der Waals surface area contributed by atoms with Crippen molar-refractivity contribution in [2.75, 3.05) is 13.1 Å². The Balaban J connectivity index is 2.08. The summed E-state index contributed by atoms with van der Waals surface area (Å²) in [6.07, 6.45) is 0. The molecule has 0 saturated heterocycles. The first-order valence-electron chi connectivity index (χ1n) is 8.80. The molecule has 26 heavy (non-hydrogen) atoms. The third-order valence-electron chi connectivity index (χ3n) is 4.47. The lowest BCUT2D eigenvalue weighted by molar-refractivity contribution is 0.699. The number of hydrogen-bond acceptors (Lipinski definition) is 2. The van der Waals surface area contributed by atoms with Crippen molar-refractivity contribution in [3.8, 4) is 0 Å². The van der Waals surface area contributed by atoms with Gasteiger partial charge < -0.3 is 10.6 Å². The molecule has 0 amide bonds. The molecule has 1 atom stereocenters. The van der Waals surface area contributed by atoms with Crippen LogP contribution in [0.2, 0.25) is 10.0 Å². The van der Waals surface area contributed by atoms with Crippen molar-refractivity contribution in [3.05, 3.63) is 50.8 Å². The number of aliphatic imine (C=N–C) groups is 1. The average Bonchev–Trinajstić information content (AvgIpc) is 2.82. The summed E-state index contributed by atoms with van der Waals surface area (Å²) >= 11 is 12.6. The zero-order chi connectivity index (χ0) is 19.3. The molecule has 2 rings (SSSR count). The minimum Gasteiger partial charge on any atom is -0.357 e. The Labute approximate surface area is 165 Å². The van der Waals surface area contributed by atoms with E-state index in [2.05, 4.69) is 29.6 Å². The molecule has 0 radical (unpaired) electrons. The van der Waals surface area contributed by atoms with Gasteiger partial charge in [0.25, 0.3) is 0 Å². The van der Waals surface area contributed by atoms with Crippen LogP contribution < -0.4 is 10.6 Å². The van der Waals surface area contributed by atoms with Crippen LogP contribution in [-0.4, -0.2) is 28.8 Å². The summed E-state index contributed by atoms with van der Waals surface area (Å²) < 4.78 is 1.89. The number of nitrogens with one attached hydrogen (secondary N) is 2.